The monoisotopic (exact) mass is 297 g/mol. The molecule has 0 heterocycles. The van der Waals surface area contributed by atoms with E-state index in [4.69, 9.17) is 0 Å². The maximum absolute atomic E-state index is 12.6. The van der Waals surface area contributed by atoms with Crippen molar-refractivity contribution in [2.24, 2.45) is 17.8 Å². The van der Waals surface area contributed by atoms with Crippen LogP contribution in [0.25, 0.3) is 0 Å². The molecular weight excluding hydrogens is 274 g/mol. The van der Waals surface area contributed by atoms with Crippen LogP contribution < -0.4 is 5.32 Å². The van der Waals surface area contributed by atoms with Gasteiger partial charge in [0.2, 0.25) is 5.91 Å². The Bertz CT molecular complexity index is 606. The first-order valence-electron chi connectivity index (χ1n) is 8.67. The fourth-order valence-electron chi connectivity index (χ4n) is 4.59. The number of fused-ring (bicyclic) bond motifs is 3. The fraction of sp³-hybridized carbons (Fsp3) is 0.579. The Labute approximate surface area is 131 Å². The Hall–Kier alpha value is -1.64. The lowest BCUT2D eigenvalue weighted by atomic mass is 9.67. The molecule has 1 N–H and O–H groups in total. The number of Topliss-reactive ketones (excluding diaryl/α,β-unsaturated/α-hetero) is 1. The van der Waals surface area contributed by atoms with Crippen molar-refractivity contribution in [3.05, 3.63) is 29.3 Å². The van der Waals surface area contributed by atoms with Crippen LogP contribution in [0, 0.1) is 17.8 Å². The minimum Gasteiger partial charge on any atom is -0.326 e. The van der Waals surface area contributed by atoms with Crippen molar-refractivity contribution in [1.82, 2.24) is 0 Å². The molecule has 3 aliphatic carbocycles. The lowest BCUT2D eigenvalue weighted by Crippen LogP contribution is -2.40. The number of hydrogen-bond acceptors (Lipinski definition) is 2. The number of amides is 1. The lowest BCUT2D eigenvalue weighted by molar-refractivity contribution is -0.136. The normalized spacial score (nSPS) is 30.0. The minimum absolute atomic E-state index is 0.0151. The number of anilines is 1. The SMILES string of the molecule is O=C(Nc1ccc2c(c1)CCC2)C1CC2CCCC(C1)C2=O. The largest absolute Gasteiger partial charge is 0.326 e. The average Bonchev–Trinajstić information content (AvgIpc) is 2.94. The Kier molecular flexibility index (Phi) is 3.51. The van der Waals surface area contributed by atoms with E-state index >= 15 is 0 Å². The van der Waals surface area contributed by atoms with Gasteiger partial charge < -0.3 is 5.32 Å². The van der Waals surface area contributed by atoms with Crippen LogP contribution in [0.1, 0.15) is 49.7 Å². The van der Waals surface area contributed by atoms with Crippen molar-refractivity contribution in [2.45, 2.75) is 51.4 Å². The van der Waals surface area contributed by atoms with E-state index < -0.39 is 0 Å². The molecule has 0 radical (unpaired) electrons. The molecule has 3 aliphatic rings. The molecule has 1 aromatic rings. The van der Waals surface area contributed by atoms with E-state index in [0.29, 0.717) is 5.78 Å². The number of aryl methyl sites for hydroxylation is 2. The summed E-state index contributed by atoms with van der Waals surface area (Å²) in [5.41, 5.74) is 3.73. The van der Waals surface area contributed by atoms with E-state index in [1.54, 1.807) is 0 Å². The molecule has 0 aliphatic heterocycles. The minimum atomic E-state index is 0.0151. The van der Waals surface area contributed by atoms with Crippen LogP contribution in [0.4, 0.5) is 5.69 Å². The summed E-state index contributed by atoms with van der Waals surface area (Å²) in [7, 11) is 0. The van der Waals surface area contributed by atoms with E-state index in [9.17, 15) is 9.59 Å². The molecule has 22 heavy (non-hydrogen) atoms. The summed E-state index contributed by atoms with van der Waals surface area (Å²) in [4.78, 5) is 24.7. The van der Waals surface area contributed by atoms with Crippen LogP contribution in [0.5, 0.6) is 0 Å². The summed E-state index contributed by atoms with van der Waals surface area (Å²) in [5, 5.41) is 3.10. The molecule has 2 unspecified atom stereocenters. The van der Waals surface area contributed by atoms with Crippen LogP contribution in [-0.2, 0) is 22.4 Å². The van der Waals surface area contributed by atoms with Crippen molar-refractivity contribution < 1.29 is 9.59 Å². The van der Waals surface area contributed by atoms with Gasteiger partial charge in [-0.1, -0.05) is 12.5 Å². The number of carbonyl (C=O) groups is 2. The van der Waals surface area contributed by atoms with Gasteiger partial charge in [0.1, 0.15) is 5.78 Å². The first-order chi connectivity index (χ1) is 10.7. The third-order valence-electron chi connectivity index (χ3n) is 5.78. The highest BCUT2D eigenvalue weighted by Gasteiger charge is 2.41. The van der Waals surface area contributed by atoms with Crippen LogP contribution in [0.3, 0.4) is 0 Å². The van der Waals surface area contributed by atoms with Crippen molar-refractivity contribution in [2.75, 3.05) is 5.32 Å². The van der Waals surface area contributed by atoms with E-state index in [1.165, 1.54) is 17.5 Å². The van der Waals surface area contributed by atoms with Crippen LogP contribution in [0.2, 0.25) is 0 Å². The number of rotatable bonds is 2. The summed E-state index contributed by atoms with van der Waals surface area (Å²) in [6.07, 6.45) is 8.15. The van der Waals surface area contributed by atoms with E-state index in [2.05, 4.69) is 17.4 Å². The van der Waals surface area contributed by atoms with Gasteiger partial charge in [-0.3, -0.25) is 9.59 Å². The van der Waals surface area contributed by atoms with E-state index in [1.807, 2.05) is 6.07 Å². The maximum atomic E-state index is 12.6. The second-order valence-corrected chi connectivity index (χ2v) is 7.22. The smallest absolute Gasteiger partial charge is 0.227 e. The highest BCUT2D eigenvalue weighted by atomic mass is 16.2. The fourth-order valence-corrected chi connectivity index (χ4v) is 4.59. The standard InChI is InChI=1S/C19H23NO2/c21-18-14-5-2-6-15(18)10-16(9-14)19(22)20-17-8-7-12-3-1-4-13(12)11-17/h7-8,11,14-16H,1-6,9-10H2,(H,20,22). The molecule has 2 fully saturated rings. The Morgan fingerprint density at radius 2 is 1.73 bits per heavy atom. The van der Waals surface area contributed by atoms with Crippen LogP contribution in [-0.4, -0.2) is 11.7 Å². The molecule has 3 nitrogen and oxygen atoms in total. The van der Waals surface area contributed by atoms with Crippen molar-refractivity contribution >= 4 is 17.4 Å². The Morgan fingerprint density at radius 3 is 2.50 bits per heavy atom. The molecular formula is C19H23NO2. The second-order valence-electron chi connectivity index (χ2n) is 7.22. The molecule has 1 aromatic carbocycles. The topological polar surface area (TPSA) is 46.2 Å². The highest BCUT2D eigenvalue weighted by molar-refractivity contribution is 5.95. The number of nitrogens with one attached hydrogen (secondary N) is 1. The predicted octanol–water partition coefficient (Wildman–Crippen LogP) is 3.51. The summed E-state index contributed by atoms with van der Waals surface area (Å²) < 4.78 is 0. The second kappa shape index (κ2) is 5.53. The molecule has 0 aromatic heterocycles. The summed E-state index contributed by atoms with van der Waals surface area (Å²) in [6.45, 7) is 0. The lowest BCUT2D eigenvalue weighted by Gasteiger charge is -2.36. The highest BCUT2D eigenvalue weighted by Crippen LogP contribution is 2.40. The van der Waals surface area contributed by atoms with Crippen molar-refractivity contribution in [3.8, 4) is 0 Å². The summed E-state index contributed by atoms with van der Waals surface area (Å²) in [5.74, 6) is 0.836. The quantitative estimate of drug-likeness (QED) is 0.908. The third kappa shape index (κ3) is 2.47. The van der Waals surface area contributed by atoms with E-state index in [0.717, 1.165) is 50.6 Å². The average molecular weight is 297 g/mol. The van der Waals surface area contributed by atoms with Gasteiger partial charge in [0.25, 0.3) is 0 Å². The van der Waals surface area contributed by atoms with Gasteiger partial charge in [0.15, 0.2) is 0 Å². The summed E-state index contributed by atoms with van der Waals surface area (Å²) >= 11 is 0. The molecule has 2 bridgehead atoms. The Morgan fingerprint density at radius 1 is 1.00 bits per heavy atom. The number of hydrogen-bond donors (Lipinski definition) is 1. The van der Waals surface area contributed by atoms with Gasteiger partial charge in [0, 0.05) is 23.4 Å². The van der Waals surface area contributed by atoms with Gasteiger partial charge >= 0.3 is 0 Å². The van der Waals surface area contributed by atoms with Crippen molar-refractivity contribution in [1.29, 1.82) is 0 Å². The molecule has 0 saturated heterocycles. The molecule has 1 amide bonds. The molecule has 2 atom stereocenters. The van der Waals surface area contributed by atoms with Gasteiger partial charge in [0.05, 0.1) is 0 Å². The third-order valence-corrected chi connectivity index (χ3v) is 5.78. The van der Waals surface area contributed by atoms with Gasteiger partial charge in [-0.25, -0.2) is 0 Å². The van der Waals surface area contributed by atoms with E-state index in [-0.39, 0.29) is 23.7 Å². The first kappa shape index (κ1) is 14.0. The predicted molar refractivity (Wildman–Crippen MR) is 85.7 cm³/mol. The molecule has 116 valence electrons. The number of carbonyl (C=O) groups excluding carboxylic acids is 2. The number of ketones is 1. The van der Waals surface area contributed by atoms with Crippen LogP contribution >= 0.6 is 0 Å². The van der Waals surface area contributed by atoms with Gasteiger partial charge in [-0.2, -0.15) is 0 Å². The van der Waals surface area contributed by atoms with Crippen molar-refractivity contribution in [3.63, 3.8) is 0 Å². The summed E-state index contributed by atoms with van der Waals surface area (Å²) in [6, 6.07) is 6.31. The van der Waals surface area contributed by atoms with Gasteiger partial charge in [-0.05, 0) is 68.2 Å². The zero-order chi connectivity index (χ0) is 15.1. The Balaban J connectivity index is 1.45. The number of benzene rings is 1. The molecule has 2 saturated carbocycles. The van der Waals surface area contributed by atoms with Crippen LogP contribution in [0.15, 0.2) is 18.2 Å². The molecule has 3 heteroatoms. The van der Waals surface area contributed by atoms with Gasteiger partial charge in [-0.15, -0.1) is 0 Å². The zero-order valence-corrected chi connectivity index (χ0v) is 12.9. The molecule has 4 rings (SSSR count). The molecule has 0 spiro atoms. The first-order valence-corrected chi connectivity index (χ1v) is 8.67. The maximum Gasteiger partial charge on any atom is 0.227 e. The zero-order valence-electron chi connectivity index (χ0n) is 12.9.